The summed E-state index contributed by atoms with van der Waals surface area (Å²) < 4.78 is 0. The van der Waals surface area contributed by atoms with Crippen molar-refractivity contribution >= 4 is 16.8 Å². The Labute approximate surface area is 77.7 Å². The van der Waals surface area contributed by atoms with Crippen molar-refractivity contribution in [3.63, 3.8) is 0 Å². The Balaban J connectivity index is 4.29. The molecule has 0 radical (unpaired) electrons. The van der Waals surface area contributed by atoms with Crippen LogP contribution >= 0.6 is 11.6 Å². The highest BCUT2D eigenvalue weighted by Crippen LogP contribution is 1.99. The molecular weight excluding hydrogens is 172 g/mol. The number of allylic oxidation sites excluding steroid dienone is 7. The van der Waals surface area contributed by atoms with Gasteiger partial charge in [0, 0.05) is 0 Å². The van der Waals surface area contributed by atoms with E-state index in [1.165, 1.54) is 6.08 Å². The van der Waals surface area contributed by atoms with Gasteiger partial charge in [-0.2, -0.15) is 0 Å². The van der Waals surface area contributed by atoms with E-state index >= 15 is 0 Å². The van der Waals surface area contributed by atoms with Gasteiger partial charge in [0.15, 0.2) is 0 Å². The molecular formula is C10H11ClO. The van der Waals surface area contributed by atoms with Gasteiger partial charge in [-0.15, -0.1) is 0 Å². The third-order valence-electron chi connectivity index (χ3n) is 1.16. The van der Waals surface area contributed by atoms with E-state index in [4.69, 9.17) is 11.6 Å². The van der Waals surface area contributed by atoms with Crippen LogP contribution in [0.1, 0.15) is 6.92 Å². The molecule has 64 valence electrons. The highest BCUT2D eigenvalue weighted by atomic mass is 35.5. The van der Waals surface area contributed by atoms with E-state index in [-0.39, 0.29) is 0 Å². The van der Waals surface area contributed by atoms with E-state index in [1.54, 1.807) is 18.2 Å². The van der Waals surface area contributed by atoms with Crippen LogP contribution in [0.5, 0.6) is 0 Å². The summed E-state index contributed by atoms with van der Waals surface area (Å²) in [6.07, 6.45) is 10.1. The second kappa shape index (κ2) is 6.62. The topological polar surface area (TPSA) is 17.1 Å². The molecule has 0 aromatic heterocycles. The van der Waals surface area contributed by atoms with Gasteiger partial charge in [-0.05, 0) is 30.2 Å². The number of halogens is 1. The number of carbonyl (C=O) groups excluding carboxylic acids is 1. The number of rotatable bonds is 4. The lowest BCUT2D eigenvalue weighted by Gasteiger charge is -1.88. The van der Waals surface area contributed by atoms with E-state index in [9.17, 15) is 4.79 Å². The van der Waals surface area contributed by atoms with Gasteiger partial charge in [0.25, 0.3) is 0 Å². The standard InChI is InChI=1S/C10H11ClO/c1-3-5-6-9(4-2)7-8-10(11)12/h3-8H,1H2,2H3/b6-5-,8-7+,9-4+. The lowest BCUT2D eigenvalue weighted by atomic mass is 10.2. The Morgan fingerprint density at radius 1 is 1.33 bits per heavy atom. The molecule has 0 N–H and O–H groups in total. The van der Waals surface area contributed by atoms with E-state index in [0.29, 0.717) is 0 Å². The monoisotopic (exact) mass is 182 g/mol. The second-order valence-electron chi connectivity index (χ2n) is 2.02. The maximum atomic E-state index is 10.3. The fraction of sp³-hybridized carbons (Fsp3) is 0.100. The molecule has 0 aromatic carbocycles. The zero-order valence-corrected chi connectivity index (χ0v) is 7.71. The van der Waals surface area contributed by atoms with Crippen molar-refractivity contribution in [2.75, 3.05) is 0 Å². The summed E-state index contributed by atoms with van der Waals surface area (Å²) in [7, 11) is 0. The van der Waals surface area contributed by atoms with Crippen molar-refractivity contribution in [2.24, 2.45) is 0 Å². The van der Waals surface area contributed by atoms with Crippen LogP contribution in [0, 0.1) is 0 Å². The van der Waals surface area contributed by atoms with Crippen LogP contribution in [-0.2, 0) is 4.79 Å². The first-order valence-corrected chi connectivity index (χ1v) is 3.91. The largest absolute Gasteiger partial charge is 0.276 e. The molecule has 0 unspecified atom stereocenters. The highest BCUT2D eigenvalue weighted by molar-refractivity contribution is 6.66. The minimum Gasteiger partial charge on any atom is -0.276 e. The molecule has 0 saturated heterocycles. The van der Waals surface area contributed by atoms with Gasteiger partial charge >= 0.3 is 0 Å². The molecule has 0 spiro atoms. The maximum Gasteiger partial charge on any atom is 0.245 e. The van der Waals surface area contributed by atoms with Crippen LogP contribution in [0.2, 0.25) is 0 Å². The van der Waals surface area contributed by atoms with Crippen molar-refractivity contribution in [1.29, 1.82) is 0 Å². The summed E-state index contributed by atoms with van der Waals surface area (Å²) in [5.41, 5.74) is 0.920. The molecule has 0 aliphatic carbocycles. The molecule has 1 nitrogen and oxygen atoms in total. The van der Waals surface area contributed by atoms with Gasteiger partial charge < -0.3 is 0 Å². The summed E-state index contributed by atoms with van der Waals surface area (Å²) in [6, 6.07) is 0. The van der Waals surface area contributed by atoms with Crippen molar-refractivity contribution in [3.8, 4) is 0 Å². The second-order valence-corrected chi connectivity index (χ2v) is 2.39. The van der Waals surface area contributed by atoms with E-state index in [2.05, 4.69) is 6.58 Å². The molecule has 0 aromatic rings. The van der Waals surface area contributed by atoms with Crippen LogP contribution in [0.3, 0.4) is 0 Å². The molecule has 0 amide bonds. The normalized spacial score (nSPS) is 12.7. The summed E-state index contributed by atoms with van der Waals surface area (Å²) in [5, 5.41) is -0.471. The molecule has 0 bridgehead atoms. The molecule has 0 atom stereocenters. The van der Waals surface area contributed by atoms with Crippen molar-refractivity contribution in [3.05, 3.63) is 48.6 Å². The molecule has 0 rings (SSSR count). The predicted molar refractivity (Wildman–Crippen MR) is 53.1 cm³/mol. The fourth-order valence-corrected chi connectivity index (χ4v) is 0.652. The van der Waals surface area contributed by atoms with Crippen molar-refractivity contribution < 1.29 is 4.79 Å². The third kappa shape index (κ3) is 5.69. The van der Waals surface area contributed by atoms with Gasteiger partial charge in [0.1, 0.15) is 0 Å². The zero-order valence-electron chi connectivity index (χ0n) is 6.96. The summed E-state index contributed by atoms with van der Waals surface area (Å²) in [6.45, 7) is 5.41. The molecule has 2 heteroatoms. The predicted octanol–water partition coefficient (Wildman–Crippen LogP) is 3.00. The Morgan fingerprint density at radius 2 is 2.00 bits per heavy atom. The maximum absolute atomic E-state index is 10.3. The van der Waals surface area contributed by atoms with Crippen molar-refractivity contribution in [1.82, 2.24) is 0 Å². The van der Waals surface area contributed by atoms with Gasteiger partial charge in [-0.25, -0.2) is 0 Å². The zero-order chi connectivity index (χ0) is 9.40. The number of hydrogen-bond acceptors (Lipinski definition) is 1. The molecule has 0 aliphatic rings. The van der Waals surface area contributed by atoms with Crippen LogP contribution < -0.4 is 0 Å². The SMILES string of the molecule is C=C\C=C/C(/C=C/C(=O)Cl)=C\C. The average Bonchev–Trinajstić information content (AvgIpc) is 2.05. The highest BCUT2D eigenvalue weighted by Gasteiger charge is 1.86. The Morgan fingerprint density at radius 3 is 2.42 bits per heavy atom. The lowest BCUT2D eigenvalue weighted by molar-refractivity contribution is -0.107. The van der Waals surface area contributed by atoms with Gasteiger partial charge in [0.2, 0.25) is 5.24 Å². The first kappa shape index (κ1) is 10.9. The van der Waals surface area contributed by atoms with Crippen molar-refractivity contribution in [2.45, 2.75) is 6.92 Å². The Bertz CT molecular complexity index is 247. The summed E-state index contributed by atoms with van der Waals surface area (Å²) >= 11 is 5.12. The van der Waals surface area contributed by atoms with Crippen LogP contribution in [0.15, 0.2) is 48.6 Å². The molecule has 0 heterocycles. The number of carbonyl (C=O) groups is 1. The Kier molecular flexibility index (Phi) is 6.02. The lowest BCUT2D eigenvalue weighted by Crippen LogP contribution is -1.76. The summed E-state index contributed by atoms with van der Waals surface area (Å²) in [5.74, 6) is 0. The summed E-state index contributed by atoms with van der Waals surface area (Å²) in [4.78, 5) is 10.3. The van der Waals surface area contributed by atoms with Crippen LogP contribution in [0.25, 0.3) is 0 Å². The quantitative estimate of drug-likeness (QED) is 0.371. The smallest absolute Gasteiger partial charge is 0.245 e. The number of hydrogen-bond donors (Lipinski definition) is 0. The van der Waals surface area contributed by atoms with Gasteiger partial charge in [-0.3, -0.25) is 4.79 Å². The van der Waals surface area contributed by atoms with Gasteiger partial charge in [-0.1, -0.05) is 37.0 Å². The Hall–Kier alpha value is -1.08. The minimum absolute atomic E-state index is 0.471. The van der Waals surface area contributed by atoms with Crippen LogP contribution in [-0.4, -0.2) is 5.24 Å². The molecule has 12 heavy (non-hydrogen) atoms. The van der Waals surface area contributed by atoms with Gasteiger partial charge in [0.05, 0.1) is 0 Å². The van der Waals surface area contributed by atoms with E-state index in [0.717, 1.165) is 5.57 Å². The average molecular weight is 183 g/mol. The van der Waals surface area contributed by atoms with Crippen LogP contribution in [0.4, 0.5) is 0 Å². The minimum atomic E-state index is -0.471. The molecule has 0 fully saturated rings. The van der Waals surface area contributed by atoms with E-state index < -0.39 is 5.24 Å². The first-order chi connectivity index (χ1) is 5.70. The molecule has 0 saturated carbocycles. The molecule has 0 aliphatic heterocycles. The third-order valence-corrected chi connectivity index (χ3v) is 1.29. The fourth-order valence-electron chi connectivity index (χ4n) is 0.589. The van der Waals surface area contributed by atoms with E-state index in [1.807, 2.05) is 19.1 Å². The first-order valence-electron chi connectivity index (χ1n) is 3.53.